The second-order valence-corrected chi connectivity index (χ2v) is 6.48. The standard InChI is InChI=1S/C16H22N4O3/c1-11-8-13(5-6-15(11)20(22)23)17-16(21)19-10-14-4-3-7-18(14)9-12(19)2/h5-6,8,12,14H,3-4,7,9-10H2,1-2H3,(H,17,21). The van der Waals surface area contributed by atoms with Crippen molar-refractivity contribution in [3.8, 4) is 0 Å². The highest BCUT2D eigenvalue weighted by Gasteiger charge is 2.36. The number of carbonyl (C=O) groups excluding carboxylic acids is 1. The highest BCUT2D eigenvalue weighted by molar-refractivity contribution is 5.90. The lowest BCUT2D eigenvalue weighted by molar-refractivity contribution is -0.385. The highest BCUT2D eigenvalue weighted by Crippen LogP contribution is 2.26. The Morgan fingerprint density at radius 3 is 2.87 bits per heavy atom. The summed E-state index contributed by atoms with van der Waals surface area (Å²) in [4.78, 5) is 27.3. The van der Waals surface area contributed by atoms with E-state index in [9.17, 15) is 14.9 Å². The summed E-state index contributed by atoms with van der Waals surface area (Å²) >= 11 is 0. The molecule has 0 spiro atoms. The maximum atomic E-state index is 12.6. The molecule has 2 heterocycles. The average molecular weight is 318 g/mol. The number of rotatable bonds is 2. The van der Waals surface area contributed by atoms with Gasteiger partial charge in [-0.15, -0.1) is 0 Å². The quantitative estimate of drug-likeness (QED) is 0.671. The fourth-order valence-electron chi connectivity index (χ4n) is 3.60. The van der Waals surface area contributed by atoms with Gasteiger partial charge in [-0.05, 0) is 45.4 Å². The fraction of sp³-hybridized carbons (Fsp3) is 0.562. The number of nitrogens with zero attached hydrogens (tertiary/aromatic N) is 3. The first kappa shape index (κ1) is 15.7. The van der Waals surface area contributed by atoms with Crippen molar-refractivity contribution in [1.29, 1.82) is 0 Å². The molecule has 3 rings (SSSR count). The summed E-state index contributed by atoms with van der Waals surface area (Å²) in [5, 5.41) is 13.7. The normalized spacial score (nSPS) is 24.3. The van der Waals surface area contributed by atoms with Gasteiger partial charge in [-0.2, -0.15) is 0 Å². The Morgan fingerprint density at radius 2 is 2.17 bits per heavy atom. The molecular formula is C16H22N4O3. The number of nitro groups is 1. The van der Waals surface area contributed by atoms with Crippen LogP contribution in [0.15, 0.2) is 18.2 Å². The van der Waals surface area contributed by atoms with E-state index in [0.717, 1.165) is 26.1 Å². The van der Waals surface area contributed by atoms with Crippen LogP contribution in [0.4, 0.5) is 16.2 Å². The molecule has 1 aromatic carbocycles. The molecule has 0 radical (unpaired) electrons. The summed E-state index contributed by atoms with van der Waals surface area (Å²) in [6.45, 7) is 6.53. The first-order valence-corrected chi connectivity index (χ1v) is 8.02. The van der Waals surface area contributed by atoms with Gasteiger partial charge in [0.05, 0.1) is 4.92 Å². The summed E-state index contributed by atoms with van der Waals surface area (Å²) in [7, 11) is 0. The molecule has 7 nitrogen and oxygen atoms in total. The minimum atomic E-state index is -0.414. The van der Waals surface area contributed by atoms with E-state index in [0.29, 0.717) is 17.3 Å². The molecule has 2 atom stereocenters. The Labute approximate surface area is 135 Å². The number of anilines is 1. The van der Waals surface area contributed by atoms with E-state index in [4.69, 9.17) is 0 Å². The van der Waals surface area contributed by atoms with Crippen molar-refractivity contribution in [1.82, 2.24) is 9.80 Å². The first-order chi connectivity index (χ1) is 11.0. The lowest BCUT2D eigenvalue weighted by atomic mass is 10.1. The number of urea groups is 1. The predicted octanol–water partition coefficient (Wildman–Crippen LogP) is 2.60. The van der Waals surface area contributed by atoms with Gasteiger partial charge in [0.15, 0.2) is 0 Å². The lowest BCUT2D eigenvalue weighted by Crippen LogP contribution is -2.57. The van der Waals surface area contributed by atoms with E-state index in [2.05, 4.69) is 17.1 Å². The second-order valence-electron chi connectivity index (χ2n) is 6.48. The maximum Gasteiger partial charge on any atom is 0.322 e. The third kappa shape index (κ3) is 3.14. The number of hydrogen-bond acceptors (Lipinski definition) is 4. The first-order valence-electron chi connectivity index (χ1n) is 8.02. The number of carbonyl (C=O) groups is 1. The van der Waals surface area contributed by atoms with Crippen molar-refractivity contribution in [2.75, 3.05) is 25.0 Å². The van der Waals surface area contributed by atoms with Gasteiger partial charge in [0, 0.05) is 42.5 Å². The molecule has 2 unspecified atom stereocenters. The van der Waals surface area contributed by atoms with Crippen molar-refractivity contribution in [3.63, 3.8) is 0 Å². The Balaban J connectivity index is 1.69. The number of amides is 2. The number of aryl methyl sites for hydroxylation is 1. The molecule has 23 heavy (non-hydrogen) atoms. The zero-order chi connectivity index (χ0) is 16.6. The molecule has 0 aliphatic carbocycles. The molecule has 2 aliphatic rings. The third-order valence-corrected chi connectivity index (χ3v) is 4.84. The number of benzene rings is 1. The van der Waals surface area contributed by atoms with Crippen LogP contribution in [-0.2, 0) is 0 Å². The largest absolute Gasteiger partial charge is 0.322 e. The lowest BCUT2D eigenvalue weighted by Gasteiger charge is -2.42. The second kappa shape index (κ2) is 6.16. The van der Waals surface area contributed by atoms with Gasteiger partial charge in [-0.25, -0.2) is 4.79 Å². The van der Waals surface area contributed by atoms with Gasteiger partial charge in [-0.1, -0.05) is 0 Å². The van der Waals surface area contributed by atoms with Crippen LogP contribution in [0.3, 0.4) is 0 Å². The van der Waals surface area contributed by atoms with Crippen molar-refractivity contribution in [2.45, 2.75) is 38.8 Å². The fourth-order valence-corrected chi connectivity index (χ4v) is 3.60. The van der Waals surface area contributed by atoms with Gasteiger partial charge >= 0.3 is 6.03 Å². The van der Waals surface area contributed by atoms with Crippen LogP contribution >= 0.6 is 0 Å². The topological polar surface area (TPSA) is 78.7 Å². The molecule has 7 heteroatoms. The average Bonchev–Trinajstić information content (AvgIpc) is 2.93. The summed E-state index contributed by atoms with van der Waals surface area (Å²) in [6, 6.07) is 5.17. The van der Waals surface area contributed by atoms with E-state index in [1.807, 2.05) is 4.90 Å². The van der Waals surface area contributed by atoms with Gasteiger partial charge in [-0.3, -0.25) is 15.0 Å². The molecule has 2 saturated heterocycles. The number of nitro benzene ring substituents is 1. The highest BCUT2D eigenvalue weighted by atomic mass is 16.6. The van der Waals surface area contributed by atoms with Crippen LogP contribution in [0, 0.1) is 17.0 Å². The molecule has 1 N–H and O–H groups in total. The van der Waals surface area contributed by atoms with Crippen LogP contribution in [0.5, 0.6) is 0 Å². The smallest absolute Gasteiger partial charge is 0.319 e. The van der Waals surface area contributed by atoms with E-state index in [-0.39, 0.29) is 17.8 Å². The molecule has 0 bridgehead atoms. The van der Waals surface area contributed by atoms with E-state index >= 15 is 0 Å². The minimum Gasteiger partial charge on any atom is -0.319 e. The van der Waals surface area contributed by atoms with Crippen LogP contribution in [0.1, 0.15) is 25.3 Å². The zero-order valence-electron chi connectivity index (χ0n) is 13.5. The Kier molecular flexibility index (Phi) is 4.21. The predicted molar refractivity (Wildman–Crippen MR) is 87.6 cm³/mol. The molecule has 0 saturated carbocycles. The van der Waals surface area contributed by atoms with Crippen molar-refractivity contribution < 1.29 is 9.72 Å². The summed E-state index contributed by atoms with van der Waals surface area (Å²) in [6.07, 6.45) is 2.35. The molecular weight excluding hydrogens is 296 g/mol. The number of fused-ring (bicyclic) bond motifs is 1. The zero-order valence-corrected chi connectivity index (χ0v) is 13.5. The molecule has 124 valence electrons. The summed E-state index contributed by atoms with van der Waals surface area (Å²) in [5.74, 6) is 0. The molecule has 2 aliphatic heterocycles. The van der Waals surface area contributed by atoms with E-state index in [1.54, 1.807) is 19.1 Å². The van der Waals surface area contributed by atoms with Gasteiger partial charge in [0.1, 0.15) is 0 Å². The van der Waals surface area contributed by atoms with Gasteiger partial charge in [0.2, 0.25) is 0 Å². The van der Waals surface area contributed by atoms with E-state index in [1.165, 1.54) is 12.5 Å². The van der Waals surface area contributed by atoms with Crippen LogP contribution in [0.25, 0.3) is 0 Å². The number of piperazine rings is 1. The monoisotopic (exact) mass is 318 g/mol. The SMILES string of the molecule is Cc1cc(NC(=O)N2CC3CCCN3CC2C)ccc1[N+](=O)[O-]. The van der Waals surface area contributed by atoms with Crippen LogP contribution in [-0.4, -0.2) is 52.5 Å². The van der Waals surface area contributed by atoms with Crippen LogP contribution in [0.2, 0.25) is 0 Å². The number of nitrogens with one attached hydrogen (secondary N) is 1. The Morgan fingerprint density at radius 1 is 1.39 bits per heavy atom. The van der Waals surface area contributed by atoms with Crippen molar-refractivity contribution >= 4 is 17.4 Å². The summed E-state index contributed by atoms with van der Waals surface area (Å²) in [5.41, 5.74) is 1.21. The minimum absolute atomic E-state index is 0.0657. The number of hydrogen-bond donors (Lipinski definition) is 1. The molecule has 2 amide bonds. The Hall–Kier alpha value is -2.15. The Bertz CT molecular complexity index is 634. The molecule has 2 fully saturated rings. The van der Waals surface area contributed by atoms with Gasteiger partial charge < -0.3 is 10.2 Å². The van der Waals surface area contributed by atoms with E-state index < -0.39 is 4.92 Å². The molecule has 0 aromatic heterocycles. The van der Waals surface area contributed by atoms with Crippen molar-refractivity contribution in [3.05, 3.63) is 33.9 Å². The van der Waals surface area contributed by atoms with Crippen molar-refractivity contribution in [2.24, 2.45) is 0 Å². The maximum absolute atomic E-state index is 12.6. The van der Waals surface area contributed by atoms with Crippen LogP contribution < -0.4 is 5.32 Å². The molecule has 1 aromatic rings. The van der Waals surface area contributed by atoms with Gasteiger partial charge in [0.25, 0.3) is 5.69 Å². The summed E-state index contributed by atoms with van der Waals surface area (Å²) < 4.78 is 0. The third-order valence-electron chi connectivity index (χ3n) is 4.84.